The maximum absolute atomic E-state index is 6.08. The Kier molecular flexibility index (Phi) is 4.79. The number of aromatic nitrogens is 3. The second-order valence-electron chi connectivity index (χ2n) is 4.94. The van der Waals surface area contributed by atoms with Crippen LogP contribution in [0.2, 0.25) is 0 Å². The minimum Gasteiger partial charge on any atom is -0.370 e. The third kappa shape index (κ3) is 3.70. The highest BCUT2D eigenvalue weighted by molar-refractivity contribution is 7.09. The third-order valence-corrected chi connectivity index (χ3v) is 4.36. The molecule has 2 aromatic rings. The molecule has 0 amide bonds. The Labute approximate surface area is 133 Å². The van der Waals surface area contributed by atoms with Crippen LogP contribution in [0, 0.1) is 0 Å². The fourth-order valence-electron chi connectivity index (χ4n) is 2.33. The second kappa shape index (κ2) is 7.17. The lowest BCUT2D eigenvalue weighted by molar-refractivity contribution is 0.378. The molecule has 0 aromatic carbocycles. The number of anilines is 1. The van der Waals surface area contributed by atoms with Gasteiger partial charge in [-0.2, -0.15) is 0 Å². The van der Waals surface area contributed by atoms with Crippen LogP contribution in [0.5, 0.6) is 0 Å². The number of rotatable bonds is 4. The summed E-state index contributed by atoms with van der Waals surface area (Å²) in [6, 6.07) is 1.83. The molecule has 8 heteroatoms. The van der Waals surface area contributed by atoms with Crippen LogP contribution in [0.1, 0.15) is 5.01 Å². The van der Waals surface area contributed by atoms with Crippen LogP contribution >= 0.6 is 11.3 Å². The minimum absolute atomic E-state index is 0.616. The molecule has 22 heavy (non-hydrogen) atoms. The van der Waals surface area contributed by atoms with E-state index >= 15 is 0 Å². The summed E-state index contributed by atoms with van der Waals surface area (Å²) in [5.74, 6) is 1.40. The normalized spacial score (nSPS) is 16.1. The molecule has 0 saturated carbocycles. The molecule has 0 atom stereocenters. The van der Waals surface area contributed by atoms with E-state index in [4.69, 9.17) is 5.73 Å². The molecule has 2 N–H and O–H groups in total. The summed E-state index contributed by atoms with van der Waals surface area (Å²) in [5, 5.41) is 3.08. The third-order valence-electron chi connectivity index (χ3n) is 3.52. The topological polar surface area (TPSA) is 83.5 Å². The van der Waals surface area contributed by atoms with Crippen molar-refractivity contribution in [1.82, 2.24) is 19.9 Å². The number of aliphatic imine (C=N–C) groups is 1. The van der Waals surface area contributed by atoms with E-state index in [-0.39, 0.29) is 0 Å². The first-order valence-corrected chi connectivity index (χ1v) is 8.16. The van der Waals surface area contributed by atoms with Gasteiger partial charge in [0, 0.05) is 63.1 Å². The number of nitrogens with zero attached hydrogens (tertiary/aromatic N) is 6. The highest BCUT2D eigenvalue weighted by atomic mass is 32.1. The number of thiazole rings is 1. The average Bonchev–Trinajstić information content (AvgIpc) is 3.09. The Hall–Kier alpha value is -2.22. The van der Waals surface area contributed by atoms with Crippen molar-refractivity contribution in [3.8, 4) is 0 Å². The van der Waals surface area contributed by atoms with E-state index in [0.717, 1.165) is 43.6 Å². The molecule has 7 nitrogen and oxygen atoms in total. The number of hydrogen-bond donors (Lipinski definition) is 1. The van der Waals surface area contributed by atoms with Gasteiger partial charge in [-0.3, -0.25) is 4.99 Å². The number of hydrogen-bond acceptors (Lipinski definition) is 6. The van der Waals surface area contributed by atoms with Crippen LogP contribution in [0.3, 0.4) is 0 Å². The van der Waals surface area contributed by atoms with E-state index in [1.165, 1.54) is 0 Å². The van der Waals surface area contributed by atoms with Crippen LogP contribution < -0.4 is 10.6 Å². The largest absolute Gasteiger partial charge is 0.370 e. The molecule has 1 aliphatic rings. The first-order chi connectivity index (χ1) is 10.8. The zero-order chi connectivity index (χ0) is 15.2. The molecular weight excluding hydrogens is 298 g/mol. The average molecular weight is 317 g/mol. The van der Waals surface area contributed by atoms with Crippen molar-refractivity contribution in [3.05, 3.63) is 35.0 Å². The molecule has 0 bridgehead atoms. The lowest BCUT2D eigenvalue weighted by Crippen LogP contribution is -2.51. The quantitative estimate of drug-likeness (QED) is 0.657. The van der Waals surface area contributed by atoms with Gasteiger partial charge in [-0.15, -0.1) is 11.3 Å². The lowest BCUT2D eigenvalue weighted by Gasteiger charge is -2.35. The fraction of sp³-hybridized carbons (Fsp3) is 0.429. The molecule has 3 rings (SSSR count). The minimum atomic E-state index is 0.616. The van der Waals surface area contributed by atoms with Crippen molar-refractivity contribution in [3.63, 3.8) is 0 Å². The van der Waals surface area contributed by atoms with Crippen molar-refractivity contribution in [2.75, 3.05) is 37.6 Å². The van der Waals surface area contributed by atoms with Gasteiger partial charge in [-0.25, -0.2) is 15.0 Å². The van der Waals surface area contributed by atoms with Crippen molar-refractivity contribution in [2.24, 2.45) is 10.7 Å². The molecule has 1 fully saturated rings. The van der Waals surface area contributed by atoms with Gasteiger partial charge in [0.2, 0.25) is 5.95 Å². The van der Waals surface area contributed by atoms with Gasteiger partial charge in [0.25, 0.3) is 0 Å². The molecule has 0 aliphatic carbocycles. The molecule has 2 aromatic heterocycles. The number of guanidine groups is 1. The highest BCUT2D eigenvalue weighted by Crippen LogP contribution is 2.09. The first-order valence-electron chi connectivity index (χ1n) is 7.28. The van der Waals surface area contributed by atoms with Crippen LogP contribution in [0.25, 0.3) is 0 Å². The van der Waals surface area contributed by atoms with Crippen LogP contribution in [-0.4, -0.2) is 58.5 Å². The summed E-state index contributed by atoms with van der Waals surface area (Å²) < 4.78 is 0. The summed E-state index contributed by atoms with van der Waals surface area (Å²) in [5.41, 5.74) is 6.08. The second-order valence-corrected chi connectivity index (χ2v) is 5.92. The fourth-order valence-corrected chi connectivity index (χ4v) is 2.94. The molecule has 116 valence electrons. The Balaban J connectivity index is 1.48. The molecule has 1 saturated heterocycles. The van der Waals surface area contributed by atoms with Crippen LogP contribution in [0.4, 0.5) is 5.95 Å². The molecule has 0 spiro atoms. The van der Waals surface area contributed by atoms with E-state index < -0.39 is 0 Å². The van der Waals surface area contributed by atoms with E-state index in [2.05, 4.69) is 29.7 Å². The zero-order valence-electron chi connectivity index (χ0n) is 12.3. The van der Waals surface area contributed by atoms with E-state index in [1.54, 1.807) is 23.7 Å². The van der Waals surface area contributed by atoms with Gasteiger partial charge in [-0.05, 0) is 6.07 Å². The predicted octanol–water partition coefficient (Wildman–Crippen LogP) is 0.612. The van der Waals surface area contributed by atoms with Crippen molar-refractivity contribution in [1.29, 1.82) is 0 Å². The SMILES string of the molecule is NC(=NCCc1nccs1)N1CCN(c2ncccn2)CC1. The van der Waals surface area contributed by atoms with Crippen molar-refractivity contribution < 1.29 is 0 Å². The van der Waals surface area contributed by atoms with Crippen molar-refractivity contribution in [2.45, 2.75) is 6.42 Å². The number of nitrogens with two attached hydrogens (primary N) is 1. The van der Waals surface area contributed by atoms with Gasteiger partial charge < -0.3 is 15.5 Å². The van der Waals surface area contributed by atoms with Gasteiger partial charge >= 0.3 is 0 Å². The molecular formula is C14H19N7S. The van der Waals surface area contributed by atoms with Gasteiger partial charge in [0.1, 0.15) is 0 Å². The van der Waals surface area contributed by atoms with Gasteiger partial charge in [0.15, 0.2) is 5.96 Å². The molecule has 0 unspecified atom stereocenters. The summed E-state index contributed by atoms with van der Waals surface area (Å²) in [6.45, 7) is 4.07. The number of piperazine rings is 1. The van der Waals surface area contributed by atoms with Crippen molar-refractivity contribution >= 4 is 23.2 Å². The summed E-state index contributed by atoms with van der Waals surface area (Å²) in [4.78, 5) is 21.5. The zero-order valence-corrected chi connectivity index (χ0v) is 13.1. The maximum atomic E-state index is 6.08. The van der Waals surface area contributed by atoms with Crippen LogP contribution in [0.15, 0.2) is 35.0 Å². The summed E-state index contributed by atoms with van der Waals surface area (Å²) in [7, 11) is 0. The molecule has 3 heterocycles. The Morgan fingerprint density at radius 2 is 1.91 bits per heavy atom. The molecule has 1 aliphatic heterocycles. The Morgan fingerprint density at radius 1 is 1.14 bits per heavy atom. The Bertz CT molecular complexity index is 591. The Morgan fingerprint density at radius 3 is 2.59 bits per heavy atom. The molecule has 0 radical (unpaired) electrons. The summed E-state index contributed by atoms with van der Waals surface area (Å²) >= 11 is 1.65. The van der Waals surface area contributed by atoms with E-state index in [1.807, 2.05) is 17.6 Å². The highest BCUT2D eigenvalue weighted by Gasteiger charge is 2.19. The van der Waals surface area contributed by atoms with E-state index in [9.17, 15) is 0 Å². The van der Waals surface area contributed by atoms with Crippen LogP contribution in [-0.2, 0) is 6.42 Å². The maximum Gasteiger partial charge on any atom is 0.225 e. The lowest BCUT2D eigenvalue weighted by atomic mass is 10.3. The smallest absolute Gasteiger partial charge is 0.225 e. The predicted molar refractivity (Wildman–Crippen MR) is 88.1 cm³/mol. The van der Waals surface area contributed by atoms with E-state index in [0.29, 0.717) is 12.5 Å². The van der Waals surface area contributed by atoms with Gasteiger partial charge in [-0.1, -0.05) is 0 Å². The first kappa shape index (κ1) is 14.7. The summed E-state index contributed by atoms with van der Waals surface area (Å²) in [6.07, 6.45) is 6.19. The monoisotopic (exact) mass is 317 g/mol. The standard InChI is InChI=1S/C14H19N7S/c15-13(17-5-2-12-16-6-11-22-12)20-7-9-21(10-8-20)14-18-3-1-4-19-14/h1,3-4,6,11H,2,5,7-10H2,(H2,15,17). The van der Waals surface area contributed by atoms with Gasteiger partial charge in [0.05, 0.1) is 5.01 Å².